The first-order valence-electron chi connectivity index (χ1n) is 9.85. The number of phenols is 1. The lowest BCUT2D eigenvalue weighted by atomic mass is 9.52. The van der Waals surface area contributed by atoms with Crippen LogP contribution in [0.4, 0.5) is 0 Å². The van der Waals surface area contributed by atoms with Crippen LogP contribution in [0.3, 0.4) is 0 Å². The van der Waals surface area contributed by atoms with Crippen molar-refractivity contribution in [2.45, 2.75) is 56.4 Å². The van der Waals surface area contributed by atoms with Gasteiger partial charge in [0.05, 0.1) is 6.26 Å². The van der Waals surface area contributed by atoms with Crippen molar-refractivity contribution in [3.63, 3.8) is 0 Å². The highest BCUT2D eigenvalue weighted by atomic mass is 35.5. The van der Waals surface area contributed by atoms with E-state index in [4.69, 9.17) is 4.42 Å². The highest BCUT2D eigenvalue weighted by molar-refractivity contribution is 5.85. The van der Waals surface area contributed by atoms with Gasteiger partial charge in [0.1, 0.15) is 11.5 Å². The number of benzene rings is 1. The van der Waals surface area contributed by atoms with Crippen molar-refractivity contribution in [2.24, 2.45) is 5.92 Å². The second kappa shape index (κ2) is 6.94. The Labute approximate surface area is 161 Å². The molecular formula is C22H28ClNO2. The maximum Gasteiger partial charge on any atom is 0.115 e. The summed E-state index contributed by atoms with van der Waals surface area (Å²) in [5.74, 6) is 2.29. The van der Waals surface area contributed by atoms with Gasteiger partial charge in [-0.3, -0.25) is 4.90 Å². The van der Waals surface area contributed by atoms with E-state index in [1.165, 1.54) is 49.8 Å². The van der Waals surface area contributed by atoms with Crippen molar-refractivity contribution in [3.05, 3.63) is 53.5 Å². The molecule has 3 nitrogen and oxygen atoms in total. The van der Waals surface area contributed by atoms with Crippen molar-refractivity contribution in [1.82, 2.24) is 4.90 Å². The normalized spacial score (nSPS) is 30.2. The standard InChI is InChI=1S/C22H27NO2.ClH/c24-17-7-6-16-14-21-19-5-1-2-9-22(19,20(16)15-17)10-12-23(21)11-8-18-4-3-13-25-18;/h3-4,6-7,13,15,19,21,24H,1-2,5,8-12,14H2;1H/t19-,21-,22+;/m1./s1. The van der Waals surface area contributed by atoms with Gasteiger partial charge in [-0.05, 0) is 73.5 Å². The molecule has 1 aromatic carbocycles. The predicted molar refractivity (Wildman–Crippen MR) is 105 cm³/mol. The van der Waals surface area contributed by atoms with E-state index >= 15 is 0 Å². The van der Waals surface area contributed by atoms with Crippen LogP contribution in [-0.4, -0.2) is 29.1 Å². The lowest BCUT2D eigenvalue weighted by Gasteiger charge is -2.59. The Morgan fingerprint density at radius 2 is 2.12 bits per heavy atom. The Kier molecular flexibility index (Phi) is 4.79. The predicted octanol–water partition coefficient (Wildman–Crippen LogP) is 4.71. The third-order valence-electron chi connectivity index (χ3n) is 7.16. The first-order valence-corrected chi connectivity index (χ1v) is 9.85. The van der Waals surface area contributed by atoms with Crippen LogP contribution < -0.4 is 0 Å². The van der Waals surface area contributed by atoms with Gasteiger partial charge in [0.15, 0.2) is 0 Å². The summed E-state index contributed by atoms with van der Waals surface area (Å²) in [6.45, 7) is 2.27. The van der Waals surface area contributed by atoms with Crippen molar-refractivity contribution in [1.29, 1.82) is 0 Å². The molecule has 1 saturated heterocycles. The van der Waals surface area contributed by atoms with Gasteiger partial charge >= 0.3 is 0 Å². The van der Waals surface area contributed by atoms with E-state index in [0.717, 1.165) is 31.1 Å². The molecule has 0 amide bonds. The third-order valence-corrected chi connectivity index (χ3v) is 7.16. The maximum absolute atomic E-state index is 10.1. The molecule has 5 rings (SSSR count). The first kappa shape index (κ1) is 17.9. The molecule has 2 heterocycles. The van der Waals surface area contributed by atoms with Crippen molar-refractivity contribution in [3.8, 4) is 5.75 Å². The third kappa shape index (κ3) is 2.76. The fraction of sp³-hybridized carbons (Fsp3) is 0.545. The Hall–Kier alpha value is -1.45. The summed E-state index contributed by atoms with van der Waals surface area (Å²) in [4.78, 5) is 2.73. The zero-order valence-corrected chi connectivity index (χ0v) is 16.0. The van der Waals surface area contributed by atoms with E-state index in [1.807, 2.05) is 12.1 Å². The monoisotopic (exact) mass is 373 g/mol. The van der Waals surface area contributed by atoms with Crippen molar-refractivity contribution >= 4 is 12.4 Å². The lowest BCUT2D eigenvalue weighted by molar-refractivity contribution is -0.0112. The number of furan rings is 1. The van der Waals surface area contributed by atoms with Gasteiger partial charge in [0.25, 0.3) is 0 Å². The second-order valence-electron chi connectivity index (χ2n) is 8.24. The van der Waals surface area contributed by atoms with Gasteiger partial charge in [-0.15, -0.1) is 12.4 Å². The molecule has 4 heteroatoms. The van der Waals surface area contributed by atoms with E-state index in [1.54, 1.807) is 6.26 Å². The van der Waals surface area contributed by atoms with Crippen LogP contribution in [0.2, 0.25) is 0 Å². The molecular weight excluding hydrogens is 346 g/mol. The second-order valence-corrected chi connectivity index (χ2v) is 8.24. The molecule has 0 radical (unpaired) electrons. The number of likely N-dealkylation sites (tertiary alicyclic amines) is 1. The molecule has 3 aliphatic rings. The van der Waals surface area contributed by atoms with Crippen LogP contribution in [0, 0.1) is 5.92 Å². The Morgan fingerprint density at radius 1 is 1.19 bits per heavy atom. The highest BCUT2D eigenvalue weighted by Crippen LogP contribution is 2.56. The van der Waals surface area contributed by atoms with Crippen molar-refractivity contribution < 1.29 is 9.52 Å². The summed E-state index contributed by atoms with van der Waals surface area (Å²) < 4.78 is 5.55. The molecule has 3 atom stereocenters. The van der Waals surface area contributed by atoms with Gasteiger partial charge in [0, 0.05) is 24.4 Å². The number of fused-ring (bicyclic) bond motifs is 1. The number of aromatic hydroxyl groups is 1. The average Bonchev–Trinajstić information content (AvgIpc) is 3.15. The summed E-state index contributed by atoms with van der Waals surface area (Å²) in [6.07, 6.45) is 10.5. The van der Waals surface area contributed by atoms with Gasteiger partial charge in [-0.2, -0.15) is 0 Å². The molecule has 0 spiro atoms. The molecule has 2 fully saturated rings. The first-order chi connectivity index (χ1) is 12.3. The van der Waals surface area contributed by atoms with Gasteiger partial charge in [-0.1, -0.05) is 18.9 Å². The van der Waals surface area contributed by atoms with Crippen LogP contribution >= 0.6 is 12.4 Å². The number of piperidine rings is 1. The maximum atomic E-state index is 10.1. The molecule has 2 aliphatic carbocycles. The van der Waals surface area contributed by atoms with Gasteiger partial charge in [-0.25, -0.2) is 0 Å². The van der Waals surface area contributed by atoms with Crippen LogP contribution in [-0.2, 0) is 18.3 Å². The minimum Gasteiger partial charge on any atom is -0.508 e. The summed E-state index contributed by atoms with van der Waals surface area (Å²) in [5.41, 5.74) is 3.26. The van der Waals surface area contributed by atoms with E-state index in [2.05, 4.69) is 23.1 Å². The Morgan fingerprint density at radius 3 is 2.96 bits per heavy atom. The highest BCUT2D eigenvalue weighted by Gasteiger charge is 2.53. The minimum absolute atomic E-state index is 0. The van der Waals surface area contributed by atoms with Crippen LogP contribution in [0.5, 0.6) is 5.75 Å². The number of phenolic OH excluding ortho intramolecular Hbond substituents is 1. The van der Waals surface area contributed by atoms with E-state index < -0.39 is 0 Å². The van der Waals surface area contributed by atoms with E-state index in [0.29, 0.717) is 17.2 Å². The molecule has 0 unspecified atom stereocenters. The fourth-order valence-electron chi connectivity index (χ4n) is 6.06. The van der Waals surface area contributed by atoms with Gasteiger partial charge < -0.3 is 9.52 Å². The molecule has 1 aliphatic heterocycles. The van der Waals surface area contributed by atoms with Gasteiger partial charge in [0.2, 0.25) is 0 Å². The van der Waals surface area contributed by atoms with E-state index in [9.17, 15) is 5.11 Å². The molecule has 1 aromatic heterocycles. The number of hydrogen-bond acceptors (Lipinski definition) is 3. The average molecular weight is 374 g/mol. The Balaban J connectivity index is 0.00000168. The number of rotatable bonds is 3. The molecule has 26 heavy (non-hydrogen) atoms. The van der Waals surface area contributed by atoms with Crippen LogP contribution in [0.15, 0.2) is 41.0 Å². The minimum atomic E-state index is 0. The summed E-state index contributed by atoms with van der Waals surface area (Å²) in [5, 5.41) is 10.1. The quantitative estimate of drug-likeness (QED) is 0.846. The summed E-state index contributed by atoms with van der Waals surface area (Å²) in [7, 11) is 0. The zero-order chi connectivity index (χ0) is 16.9. The summed E-state index contributed by atoms with van der Waals surface area (Å²) >= 11 is 0. The van der Waals surface area contributed by atoms with Crippen molar-refractivity contribution in [2.75, 3.05) is 13.1 Å². The lowest BCUT2D eigenvalue weighted by Crippen LogP contribution is -2.61. The molecule has 1 N–H and O–H groups in total. The van der Waals surface area contributed by atoms with E-state index in [-0.39, 0.29) is 12.4 Å². The van der Waals surface area contributed by atoms with Crippen LogP contribution in [0.1, 0.15) is 49.0 Å². The van der Waals surface area contributed by atoms with Crippen LogP contribution in [0.25, 0.3) is 0 Å². The molecule has 2 aromatic rings. The summed E-state index contributed by atoms with van der Waals surface area (Å²) in [6, 6.07) is 10.9. The zero-order valence-electron chi connectivity index (χ0n) is 15.2. The molecule has 2 bridgehead atoms. The largest absolute Gasteiger partial charge is 0.508 e. The SMILES string of the molecule is Cl.Oc1ccc2c(c1)[C@]13CCCC[C@@H]1[C@@H](C2)N(CCc1ccco1)CC3. The molecule has 1 saturated carbocycles. The number of hydrogen-bond donors (Lipinski definition) is 1. The molecule has 140 valence electrons. The topological polar surface area (TPSA) is 36.6 Å². The Bertz CT molecular complexity index is 760. The number of halogens is 1. The fourth-order valence-corrected chi connectivity index (χ4v) is 6.06. The smallest absolute Gasteiger partial charge is 0.115 e. The number of nitrogens with zero attached hydrogens (tertiary/aromatic N) is 1.